The topological polar surface area (TPSA) is 44.4 Å². The normalized spacial score (nSPS) is 10.8. The second-order valence-electron chi connectivity index (χ2n) is 5.61. The first-order valence-corrected chi connectivity index (χ1v) is 8.95. The van der Waals surface area contributed by atoms with Crippen LogP contribution in [0.2, 0.25) is 0 Å². The molecular weight excluding hydrogens is 262 g/mol. The van der Waals surface area contributed by atoms with Crippen LogP contribution in [0.5, 0.6) is 0 Å². The van der Waals surface area contributed by atoms with Gasteiger partial charge in [0.25, 0.3) is 0 Å². The van der Waals surface area contributed by atoms with Crippen molar-refractivity contribution in [2.75, 3.05) is 39.3 Å². The van der Waals surface area contributed by atoms with Crippen LogP contribution >= 0.6 is 0 Å². The van der Waals surface area contributed by atoms with Crippen LogP contribution in [0.25, 0.3) is 0 Å². The average Bonchev–Trinajstić information content (AvgIpc) is 2.49. The summed E-state index contributed by atoms with van der Waals surface area (Å²) in [5, 5.41) is 6.67. The summed E-state index contributed by atoms with van der Waals surface area (Å²) in [6, 6.07) is 0. The number of rotatable bonds is 15. The summed E-state index contributed by atoms with van der Waals surface area (Å²) in [5.74, 6) is 0.350. The van der Waals surface area contributed by atoms with Crippen LogP contribution < -0.4 is 10.6 Å². The Bertz CT molecular complexity index is 234. The highest BCUT2D eigenvalue weighted by Crippen LogP contribution is 2.05. The lowest BCUT2D eigenvalue weighted by molar-refractivity contribution is -0.131. The van der Waals surface area contributed by atoms with Gasteiger partial charge in [0.2, 0.25) is 5.91 Å². The fraction of sp³-hybridized carbons (Fsp3) is 0.941. The molecule has 1 amide bonds. The highest BCUT2D eigenvalue weighted by Gasteiger charge is 2.12. The SMILES string of the molecule is CCCCCC(=O)N(CCCCNCC)CCCNCC. The van der Waals surface area contributed by atoms with Crippen molar-refractivity contribution >= 4 is 5.91 Å². The fourth-order valence-electron chi connectivity index (χ4n) is 2.35. The van der Waals surface area contributed by atoms with Gasteiger partial charge in [0.05, 0.1) is 0 Å². The molecule has 0 aliphatic carbocycles. The van der Waals surface area contributed by atoms with Gasteiger partial charge in [-0.3, -0.25) is 4.79 Å². The summed E-state index contributed by atoms with van der Waals surface area (Å²) < 4.78 is 0. The van der Waals surface area contributed by atoms with E-state index in [1.807, 2.05) is 0 Å². The van der Waals surface area contributed by atoms with Gasteiger partial charge in [-0.2, -0.15) is 0 Å². The molecule has 0 aromatic rings. The minimum atomic E-state index is 0.350. The van der Waals surface area contributed by atoms with Crippen molar-refractivity contribution in [2.24, 2.45) is 0 Å². The van der Waals surface area contributed by atoms with Gasteiger partial charge < -0.3 is 15.5 Å². The van der Waals surface area contributed by atoms with Crippen LogP contribution in [-0.4, -0.2) is 50.1 Å². The van der Waals surface area contributed by atoms with E-state index in [9.17, 15) is 4.79 Å². The van der Waals surface area contributed by atoms with E-state index in [1.165, 1.54) is 6.42 Å². The molecule has 0 aromatic carbocycles. The second-order valence-corrected chi connectivity index (χ2v) is 5.61. The molecule has 0 rings (SSSR count). The summed E-state index contributed by atoms with van der Waals surface area (Å²) in [6.07, 6.45) is 7.42. The van der Waals surface area contributed by atoms with Crippen LogP contribution in [0.4, 0.5) is 0 Å². The average molecular weight is 300 g/mol. The molecule has 21 heavy (non-hydrogen) atoms. The molecule has 0 atom stereocenters. The van der Waals surface area contributed by atoms with Gasteiger partial charge in [-0.05, 0) is 51.9 Å². The molecule has 0 aromatic heterocycles. The molecule has 0 saturated carbocycles. The summed E-state index contributed by atoms with van der Waals surface area (Å²) in [4.78, 5) is 14.4. The van der Waals surface area contributed by atoms with Crippen LogP contribution in [0.1, 0.15) is 65.7 Å². The first-order valence-electron chi connectivity index (χ1n) is 8.95. The Morgan fingerprint density at radius 1 is 0.810 bits per heavy atom. The van der Waals surface area contributed by atoms with Crippen molar-refractivity contribution in [1.82, 2.24) is 15.5 Å². The Labute approximate surface area is 132 Å². The summed E-state index contributed by atoms with van der Waals surface area (Å²) >= 11 is 0. The Kier molecular flexibility index (Phi) is 15.3. The van der Waals surface area contributed by atoms with Gasteiger partial charge in [0, 0.05) is 19.5 Å². The molecule has 126 valence electrons. The predicted octanol–water partition coefficient (Wildman–Crippen LogP) is 2.78. The van der Waals surface area contributed by atoms with Gasteiger partial charge >= 0.3 is 0 Å². The van der Waals surface area contributed by atoms with E-state index in [0.717, 1.165) is 77.8 Å². The molecule has 0 bridgehead atoms. The molecule has 0 aliphatic rings. The molecule has 2 N–H and O–H groups in total. The molecule has 0 aliphatic heterocycles. The Balaban J connectivity index is 3.97. The van der Waals surface area contributed by atoms with E-state index in [1.54, 1.807) is 0 Å². The van der Waals surface area contributed by atoms with Crippen molar-refractivity contribution in [1.29, 1.82) is 0 Å². The molecule has 0 spiro atoms. The lowest BCUT2D eigenvalue weighted by Crippen LogP contribution is -2.34. The van der Waals surface area contributed by atoms with Crippen LogP contribution in [-0.2, 0) is 4.79 Å². The van der Waals surface area contributed by atoms with E-state index in [0.29, 0.717) is 5.91 Å². The maximum atomic E-state index is 12.3. The number of hydrogen-bond acceptors (Lipinski definition) is 3. The van der Waals surface area contributed by atoms with E-state index in [4.69, 9.17) is 0 Å². The first-order chi connectivity index (χ1) is 10.3. The lowest BCUT2D eigenvalue weighted by atomic mass is 10.1. The van der Waals surface area contributed by atoms with E-state index in [-0.39, 0.29) is 0 Å². The van der Waals surface area contributed by atoms with Crippen LogP contribution in [0, 0.1) is 0 Å². The van der Waals surface area contributed by atoms with Gasteiger partial charge in [-0.25, -0.2) is 0 Å². The fourth-order valence-corrected chi connectivity index (χ4v) is 2.35. The summed E-state index contributed by atoms with van der Waals surface area (Å²) in [5.41, 5.74) is 0. The minimum absolute atomic E-state index is 0.350. The van der Waals surface area contributed by atoms with E-state index >= 15 is 0 Å². The van der Waals surface area contributed by atoms with Gasteiger partial charge in [-0.15, -0.1) is 0 Å². The molecule has 4 heteroatoms. The largest absolute Gasteiger partial charge is 0.343 e. The van der Waals surface area contributed by atoms with Crippen molar-refractivity contribution in [3.05, 3.63) is 0 Å². The van der Waals surface area contributed by atoms with Gasteiger partial charge in [0.15, 0.2) is 0 Å². The van der Waals surface area contributed by atoms with Gasteiger partial charge in [0.1, 0.15) is 0 Å². The maximum Gasteiger partial charge on any atom is 0.222 e. The zero-order valence-corrected chi connectivity index (χ0v) is 14.5. The predicted molar refractivity (Wildman–Crippen MR) is 91.7 cm³/mol. The Hall–Kier alpha value is -0.610. The Morgan fingerprint density at radius 3 is 2.05 bits per heavy atom. The van der Waals surface area contributed by atoms with E-state index in [2.05, 4.69) is 36.3 Å². The number of hydrogen-bond donors (Lipinski definition) is 2. The number of unbranched alkanes of at least 4 members (excludes halogenated alkanes) is 3. The third-order valence-electron chi connectivity index (χ3n) is 3.66. The number of amides is 1. The molecular formula is C17H37N3O. The molecule has 0 radical (unpaired) electrons. The van der Waals surface area contributed by atoms with Crippen LogP contribution in [0.15, 0.2) is 0 Å². The molecule has 0 heterocycles. The number of carbonyl (C=O) groups is 1. The molecule has 0 unspecified atom stereocenters. The number of nitrogens with one attached hydrogen (secondary N) is 2. The summed E-state index contributed by atoms with van der Waals surface area (Å²) in [6.45, 7) is 12.4. The van der Waals surface area contributed by atoms with Crippen LogP contribution in [0.3, 0.4) is 0 Å². The van der Waals surface area contributed by atoms with Crippen molar-refractivity contribution in [2.45, 2.75) is 65.7 Å². The maximum absolute atomic E-state index is 12.3. The summed E-state index contributed by atoms with van der Waals surface area (Å²) in [7, 11) is 0. The Morgan fingerprint density at radius 2 is 1.43 bits per heavy atom. The standard InChI is InChI=1S/C17H37N3O/c1-4-7-8-12-17(21)20(16-11-14-19-6-3)15-10-9-13-18-5-2/h18-19H,4-16H2,1-3H3. The quantitative estimate of drug-likeness (QED) is 0.457. The van der Waals surface area contributed by atoms with Gasteiger partial charge in [-0.1, -0.05) is 33.6 Å². The molecule has 4 nitrogen and oxygen atoms in total. The molecule has 0 saturated heterocycles. The smallest absolute Gasteiger partial charge is 0.222 e. The highest BCUT2D eigenvalue weighted by atomic mass is 16.2. The third kappa shape index (κ3) is 12.8. The second kappa shape index (κ2) is 15.8. The van der Waals surface area contributed by atoms with E-state index < -0.39 is 0 Å². The highest BCUT2D eigenvalue weighted by molar-refractivity contribution is 5.76. The lowest BCUT2D eigenvalue weighted by Gasteiger charge is -2.23. The van der Waals surface area contributed by atoms with Crippen molar-refractivity contribution in [3.8, 4) is 0 Å². The molecule has 0 fully saturated rings. The minimum Gasteiger partial charge on any atom is -0.343 e. The third-order valence-corrected chi connectivity index (χ3v) is 3.66. The monoisotopic (exact) mass is 299 g/mol. The number of carbonyl (C=O) groups excluding carboxylic acids is 1. The van der Waals surface area contributed by atoms with Crippen molar-refractivity contribution < 1.29 is 4.79 Å². The number of nitrogens with zero attached hydrogens (tertiary/aromatic N) is 1. The first kappa shape index (κ1) is 20.4. The zero-order valence-electron chi connectivity index (χ0n) is 14.5. The zero-order chi connectivity index (χ0) is 15.8. The van der Waals surface area contributed by atoms with Crippen molar-refractivity contribution in [3.63, 3.8) is 0 Å².